The average Bonchev–Trinajstić information content (AvgIpc) is 3.43. The van der Waals surface area contributed by atoms with Crippen molar-refractivity contribution in [2.45, 2.75) is 45.6 Å². The zero-order valence-corrected chi connectivity index (χ0v) is 16.6. The number of amides is 1. The molecule has 5 nitrogen and oxygen atoms in total. The van der Waals surface area contributed by atoms with Crippen LogP contribution in [0.15, 0.2) is 34.9 Å². The van der Waals surface area contributed by atoms with Crippen molar-refractivity contribution < 1.29 is 13.7 Å². The largest absolute Gasteiger partial charge is 0.349 e. The minimum absolute atomic E-state index is 0.121. The Hall–Kier alpha value is -2.76. The first-order valence-corrected chi connectivity index (χ1v) is 10.3. The van der Waals surface area contributed by atoms with Gasteiger partial charge in [-0.3, -0.25) is 4.79 Å². The van der Waals surface area contributed by atoms with Crippen molar-refractivity contribution in [1.82, 2.24) is 15.5 Å². The van der Waals surface area contributed by atoms with Gasteiger partial charge < -0.3 is 9.84 Å². The highest BCUT2D eigenvalue weighted by Gasteiger charge is 2.42. The lowest BCUT2D eigenvalue weighted by molar-refractivity contribution is 0.0917. The van der Waals surface area contributed by atoms with E-state index < -0.39 is 0 Å². The standard InChI is InChI=1S/C23H24FN3O2/c1-12-9-19(22(28)26-13(2)18-11-14-3-4-16(18)10-14)20-21(27-29-23(20)25-12)15-5-7-17(24)8-6-15/h5-9,13-14,16,18H,3-4,10-11H2,1-2H3,(H,26,28)/t13-,14-,16-,18-/m0/s1. The molecule has 2 aromatic heterocycles. The Bertz CT molecular complexity index is 1080. The minimum Gasteiger partial charge on any atom is -0.349 e. The predicted octanol–water partition coefficient (Wildman–Crippen LogP) is 4.89. The fourth-order valence-corrected chi connectivity index (χ4v) is 5.36. The molecule has 2 heterocycles. The van der Waals surface area contributed by atoms with E-state index in [1.165, 1.54) is 37.8 Å². The number of nitrogens with one attached hydrogen (secondary N) is 1. The molecule has 0 spiro atoms. The molecule has 2 bridgehead atoms. The molecular weight excluding hydrogens is 369 g/mol. The van der Waals surface area contributed by atoms with Gasteiger partial charge in [-0.2, -0.15) is 0 Å². The maximum atomic E-state index is 13.3. The number of aryl methyl sites for hydroxylation is 1. The molecule has 0 aliphatic heterocycles. The average molecular weight is 393 g/mol. The molecule has 0 unspecified atom stereocenters. The highest BCUT2D eigenvalue weighted by atomic mass is 19.1. The second-order valence-corrected chi connectivity index (χ2v) is 8.63. The Morgan fingerprint density at radius 1 is 1.24 bits per heavy atom. The van der Waals surface area contributed by atoms with E-state index in [2.05, 4.69) is 22.4 Å². The zero-order valence-electron chi connectivity index (χ0n) is 16.6. The summed E-state index contributed by atoms with van der Waals surface area (Å²) in [5, 5.41) is 7.92. The van der Waals surface area contributed by atoms with Crippen molar-refractivity contribution in [3.05, 3.63) is 47.4 Å². The normalized spacial score (nSPS) is 24.2. The third-order valence-electron chi connectivity index (χ3n) is 6.73. The van der Waals surface area contributed by atoms with Gasteiger partial charge in [-0.25, -0.2) is 9.37 Å². The molecule has 1 aromatic carbocycles. The third kappa shape index (κ3) is 3.20. The van der Waals surface area contributed by atoms with Crippen molar-refractivity contribution in [3.8, 4) is 11.3 Å². The fraction of sp³-hybridized carbons (Fsp3) is 0.435. The Morgan fingerprint density at radius 3 is 2.72 bits per heavy atom. The number of aromatic nitrogens is 2. The summed E-state index contributed by atoms with van der Waals surface area (Å²) in [6, 6.07) is 7.89. The Balaban J connectivity index is 1.49. The van der Waals surface area contributed by atoms with Crippen LogP contribution in [0.25, 0.3) is 22.4 Å². The first-order valence-electron chi connectivity index (χ1n) is 10.3. The zero-order chi connectivity index (χ0) is 20.1. The van der Waals surface area contributed by atoms with Crippen LogP contribution in [0.4, 0.5) is 4.39 Å². The first kappa shape index (κ1) is 18.3. The van der Waals surface area contributed by atoms with Gasteiger partial charge in [0, 0.05) is 17.3 Å². The fourth-order valence-electron chi connectivity index (χ4n) is 5.36. The summed E-state index contributed by atoms with van der Waals surface area (Å²) < 4.78 is 18.8. The molecular formula is C23H24FN3O2. The van der Waals surface area contributed by atoms with Crippen molar-refractivity contribution in [2.24, 2.45) is 17.8 Å². The van der Waals surface area contributed by atoms with E-state index in [0.29, 0.717) is 39.5 Å². The molecule has 29 heavy (non-hydrogen) atoms. The van der Waals surface area contributed by atoms with Gasteiger partial charge in [-0.1, -0.05) is 11.6 Å². The SMILES string of the molecule is Cc1cc(C(=O)N[C@@H](C)[C@@H]2C[C@H]3CC[C@H]2C3)c2c(-c3ccc(F)cc3)noc2n1. The number of carbonyl (C=O) groups excluding carboxylic acids is 1. The number of fused-ring (bicyclic) bond motifs is 3. The van der Waals surface area contributed by atoms with Crippen LogP contribution in [0.2, 0.25) is 0 Å². The quantitative estimate of drug-likeness (QED) is 0.685. The summed E-state index contributed by atoms with van der Waals surface area (Å²) in [6.45, 7) is 3.94. The topological polar surface area (TPSA) is 68.0 Å². The van der Waals surface area contributed by atoms with Crippen LogP contribution in [0.3, 0.4) is 0 Å². The third-order valence-corrected chi connectivity index (χ3v) is 6.73. The molecule has 3 aromatic rings. The van der Waals surface area contributed by atoms with Crippen molar-refractivity contribution in [3.63, 3.8) is 0 Å². The first-order chi connectivity index (χ1) is 14.0. The maximum absolute atomic E-state index is 13.3. The number of nitrogens with zero attached hydrogens (tertiary/aromatic N) is 2. The molecule has 1 N–H and O–H groups in total. The molecule has 0 radical (unpaired) electrons. The minimum atomic E-state index is -0.326. The summed E-state index contributed by atoms with van der Waals surface area (Å²) in [7, 11) is 0. The Morgan fingerprint density at radius 2 is 2.03 bits per heavy atom. The number of benzene rings is 1. The number of carbonyl (C=O) groups is 1. The molecule has 0 saturated heterocycles. The molecule has 2 fully saturated rings. The predicted molar refractivity (Wildman–Crippen MR) is 108 cm³/mol. The van der Waals surface area contributed by atoms with Crippen LogP contribution >= 0.6 is 0 Å². The second kappa shape index (κ2) is 6.94. The number of halogens is 1. The van der Waals surface area contributed by atoms with Gasteiger partial charge in [0.15, 0.2) is 0 Å². The summed E-state index contributed by atoms with van der Waals surface area (Å²) in [6.07, 6.45) is 5.15. The lowest BCUT2D eigenvalue weighted by atomic mass is 9.84. The van der Waals surface area contributed by atoms with E-state index in [4.69, 9.17) is 4.52 Å². The van der Waals surface area contributed by atoms with Gasteiger partial charge in [0.2, 0.25) is 0 Å². The number of rotatable bonds is 4. The molecule has 6 heteroatoms. The van der Waals surface area contributed by atoms with Crippen LogP contribution < -0.4 is 5.32 Å². The molecule has 1 amide bonds. The van der Waals surface area contributed by atoms with Gasteiger partial charge in [-0.15, -0.1) is 0 Å². The van der Waals surface area contributed by atoms with E-state index in [-0.39, 0.29) is 17.8 Å². The van der Waals surface area contributed by atoms with Gasteiger partial charge in [0.05, 0.1) is 10.9 Å². The maximum Gasteiger partial charge on any atom is 0.259 e. The number of hydrogen-bond donors (Lipinski definition) is 1. The lowest BCUT2D eigenvalue weighted by Gasteiger charge is -2.28. The van der Waals surface area contributed by atoms with E-state index in [1.807, 2.05) is 6.92 Å². The molecule has 4 atom stereocenters. The van der Waals surface area contributed by atoms with Crippen LogP contribution in [-0.2, 0) is 0 Å². The molecule has 2 aliphatic carbocycles. The number of pyridine rings is 1. The van der Waals surface area contributed by atoms with Crippen LogP contribution in [-0.4, -0.2) is 22.1 Å². The molecule has 2 saturated carbocycles. The highest BCUT2D eigenvalue weighted by molar-refractivity contribution is 6.09. The van der Waals surface area contributed by atoms with E-state index >= 15 is 0 Å². The summed E-state index contributed by atoms with van der Waals surface area (Å²) >= 11 is 0. The van der Waals surface area contributed by atoms with E-state index in [9.17, 15) is 9.18 Å². The van der Waals surface area contributed by atoms with Gasteiger partial charge in [-0.05, 0) is 81.2 Å². The van der Waals surface area contributed by atoms with Gasteiger partial charge >= 0.3 is 0 Å². The van der Waals surface area contributed by atoms with Crippen LogP contribution in [0.1, 0.15) is 48.7 Å². The Labute approximate surface area is 168 Å². The smallest absolute Gasteiger partial charge is 0.259 e. The van der Waals surface area contributed by atoms with Crippen molar-refractivity contribution in [1.29, 1.82) is 0 Å². The van der Waals surface area contributed by atoms with Crippen LogP contribution in [0.5, 0.6) is 0 Å². The lowest BCUT2D eigenvalue weighted by Crippen LogP contribution is -2.40. The Kier molecular flexibility index (Phi) is 4.37. The van der Waals surface area contributed by atoms with E-state index in [1.54, 1.807) is 18.2 Å². The van der Waals surface area contributed by atoms with Gasteiger partial charge in [0.1, 0.15) is 11.5 Å². The summed E-state index contributed by atoms with van der Waals surface area (Å²) in [5.41, 5.74) is 2.71. The molecule has 150 valence electrons. The summed E-state index contributed by atoms with van der Waals surface area (Å²) in [5.74, 6) is 1.66. The van der Waals surface area contributed by atoms with Crippen molar-refractivity contribution >= 4 is 17.0 Å². The molecule has 2 aliphatic rings. The monoisotopic (exact) mass is 393 g/mol. The highest BCUT2D eigenvalue weighted by Crippen LogP contribution is 2.49. The molecule has 5 rings (SSSR count). The second-order valence-electron chi connectivity index (χ2n) is 8.63. The number of hydrogen-bond acceptors (Lipinski definition) is 4. The van der Waals surface area contributed by atoms with Crippen molar-refractivity contribution in [2.75, 3.05) is 0 Å². The van der Waals surface area contributed by atoms with Crippen LogP contribution in [0, 0.1) is 30.5 Å². The van der Waals surface area contributed by atoms with Gasteiger partial charge in [0.25, 0.3) is 11.6 Å². The summed E-state index contributed by atoms with van der Waals surface area (Å²) in [4.78, 5) is 17.6. The van der Waals surface area contributed by atoms with E-state index in [0.717, 1.165) is 11.8 Å².